The van der Waals surface area contributed by atoms with Crippen LogP contribution < -0.4 is 10.6 Å². The van der Waals surface area contributed by atoms with Gasteiger partial charge in [-0.25, -0.2) is 0 Å². The van der Waals surface area contributed by atoms with E-state index in [1.807, 2.05) is 0 Å². The highest BCUT2D eigenvalue weighted by atomic mass is 19.4. The zero-order chi connectivity index (χ0) is 16.8. The van der Waals surface area contributed by atoms with Crippen molar-refractivity contribution in [1.29, 1.82) is 0 Å². The normalized spacial score (nSPS) is 12.8. The average Bonchev–Trinajstić information content (AvgIpc) is 2.42. The van der Waals surface area contributed by atoms with E-state index < -0.39 is 12.8 Å². The Balaban J connectivity index is 3.48. The van der Waals surface area contributed by atoms with E-state index in [0.717, 1.165) is 13.0 Å². The summed E-state index contributed by atoms with van der Waals surface area (Å²) in [7, 11) is 1.63. The van der Waals surface area contributed by atoms with Crippen LogP contribution >= 0.6 is 0 Å². The van der Waals surface area contributed by atoms with Crippen LogP contribution in [0.3, 0.4) is 0 Å². The topological polar surface area (TPSA) is 54.9 Å². The monoisotopic (exact) mass is 327 g/mol. The molecular formula is C14H28F3N3O2. The van der Waals surface area contributed by atoms with Gasteiger partial charge in [0.05, 0.1) is 6.61 Å². The number of alkyl halides is 3. The SMILES string of the molecule is CN=C(NCCCOCC(F)(F)F)NCCOCCC(C)C. The minimum atomic E-state index is -4.26. The van der Waals surface area contributed by atoms with Crippen LogP contribution in [0.15, 0.2) is 4.99 Å². The van der Waals surface area contributed by atoms with Crippen molar-refractivity contribution in [1.82, 2.24) is 10.6 Å². The van der Waals surface area contributed by atoms with Gasteiger partial charge in [0.2, 0.25) is 0 Å². The molecule has 0 rings (SSSR count). The molecule has 0 aliphatic heterocycles. The molecule has 0 saturated carbocycles. The summed E-state index contributed by atoms with van der Waals surface area (Å²) in [6.45, 7) is 5.59. The predicted molar refractivity (Wildman–Crippen MR) is 81.1 cm³/mol. The highest BCUT2D eigenvalue weighted by Crippen LogP contribution is 2.14. The fourth-order valence-corrected chi connectivity index (χ4v) is 1.45. The van der Waals surface area contributed by atoms with E-state index in [4.69, 9.17) is 4.74 Å². The summed E-state index contributed by atoms with van der Waals surface area (Å²) in [6, 6.07) is 0. The summed E-state index contributed by atoms with van der Waals surface area (Å²) in [5.74, 6) is 1.23. The van der Waals surface area contributed by atoms with E-state index in [1.54, 1.807) is 7.05 Å². The molecule has 0 fully saturated rings. The first kappa shape index (κ1) is 21.0. The van der Waals surface area contributed by atoms with Crippen molar-refractivity contribution in [2.45, 2.75) is 32.9 Å². The van der Waals surface area contributed by atoms with Crippen LogP contribution in [0, 0.1) is 5.92 Å². The standard InChI is InChI=1S/C14H28F3N3O2/c1-12(2)5-9-21-10-7-20-13(18-3)19-6-4-8-22-11-14(15,16)17/h12H,4-11H2,1-3H3,(H2,18,19,20). The Hall–Kier alpha value is -1.02. The minimum Gasteiger partial charge on any atom is -0.380 e. The van der Waals surface area contributed by atoms with Gasteiger partial charge >= 0.3 is 6.18 Å². The second-order valence-corrected chi connectivity index (χ2v) is 5.24. The first-order valence-electron chi connectivity index (χ1n) is 7.52. The second-order valence-electron chi connectivity index (χ2n) is 5.24. The summed E-state index contributed by atoms with van der Waals surface area (Å²) < 4.78 is 45.5. The highest BCUT2D eigenvalue weighted by Gasteiger charge is 2.27. The molecule has 0 aromatic carbocycles. The summed E-state index contributed by atoms with van der Waals surface area (Å²) >= 11 is 0. The fraction of sp³-hybridized carbons (Fsp3) is 0.929. The third-order valence-electron chi connectivity index (χ3n) is 2.63. The lowest BCUT2D eigenvalue weighted by molar-refractivity contribution is -0.173. The van der Waals surface area contributed by atoms with E-state index >= 15 is 0 Å². The zero-order valence-electron chi connectivity index (χ0n) is 13.6. The molecule has 0 radical (unpaired) electrons. The van der Waals surface area contributed by atoms with E-state index in [-0.39, 0.29) is 6.61 Å². The molecule has 0 amide bonds. The molecule has 0 atom stereocenters. The van der Waals surface area contributed by atoms with Gasteiger partial charge in [0, 0.05) is 33.4 Å². The number of guanidine groups is 1. The van der Waals surface area contributed by atoms with Crippen molar-refractivity contribution >= 4 is 5.96 Å². The Morgan fingerprint density at radius 2 is 1.73 bits per heavy atom. The number of nitrogens with one attached hydrogen (secondary N) is 2. The second kappa shape index (κ2) is 12.5. The molecule has 5 nitrogen and oxygen atoms in total. The maximum atomic E-state index is 11.8. The molecule has 0 aliphatic rings. The summed E-state index contributed by atoms with van der Waals surface area (Å²) in [6.07, 6.45) is -2.76. The molecule has 8 heteroatoms. The average molecular weight is 327 g/mol. The molecule has 0 aromatic heterocycles. The molecular weight excluding hydrogens is 299 g/mol. The molecule has 0 aromatic rings. The Bertz CT molecular complexity index is 298. The van der Waals surface area contributed by atoms with Crippen molar-refractivity contribution in [3.8, 4) is 0 Å². The van der Waals surface area contributed by atoms with Crippen LogP contribution in [0.25, 0.3) is 0 Å². The van der Waals surface area contributed by atoms with Gasteiger partial charge in [0.25, 0.3) is 0 Å². The van der Waals surface area contributed by atoms with Crippen molar-refractivity contribution in [2.75, 3.05) is 46.6 Å². The number of halogens is 3. The number of rotatable bonds is 11. The molecule has 0 spiro atoms. The quantitative estimate of drug-likeness (QED) is 0.347. The Morgan fingerprint density at radius 1 is 1.05 bits per heavy atom. The highest BCUT2D eigenvalue weighted by molar-refractivity contribution is 5.79. The Kier molecular flexibility index (Phi) is 11.9. The summed E-state index contributed by atoms with van der Waals surface area (Å²) in [4.78, 5) is 4.01. The Labute approximate surface area is 130 Å². The molecule has 0 bridgehead atoms. The predicted octanol–water partition coefficient (Wildman–Crippen LogP) is 2.18. The minimum absolute atomic E-state index is 0.0574. The molecule has 0 heterocycles. The largest absolute Gasteiger partial charge is 0.411 e. The van der Waals surface area contributed by atoms with Gasteiger partial charge < -0.3 is 20.1 Å². The summed E-state index contributed by atoms with van der Waals surface area (Å²) in [5.41, 5.74) is 0. The van der Waals surface area contributed by atoms with Crippen LogP contribution in [0.5, 0.6) is 0 Å². The molecule has 132 valence electrons. The maximum Gasteiger partial charge on any atom is 0.411 e. The van der Waals surface area contributed by atoms with Gasteiger partial charge in [-0.15, -0.1) is 0 Å². The third-order valence-corrected chi connectivity index (χ3v) is 2.63. The van der Waals surface area contributed by atoms with Crippen molar-refractivity contribution < 1.29 is 22.6 Å². The van der Waals surface area contributed by atoms with Crippen LogP contribution in [0.4, 0.5) is 13.2 Å². The van der Waals surface area contributed by atoms with Gasteiger partial charge in [0.1, 0.15) is 6.61 Å². The third kappa shape index (κ3) is 15.4. The summed E-state index contributed by atoms with van der Waals surface area (Å²) in [5, 5.41) is 6.06. The van der Waals surface area contributed by atoms with Crippen LogP contribution in [0.1, 0.15) is 26.7 Å². The number of nitrogens with zero attached hydrogens (tertiary/aromatic N) is 1. The first-order valence-corrected chi connectivity index (χ1v) is 7.52. The Morgan fingerprint density at radius 3 is 2.32 bits per heavy atom. The van der Waals surface area contributed by atoms with Crippen molar-refractivity contribution in [3.63, 3.8) is 0 Å². The molecule has 22 heavy (non-hydrogen) atoms. The van der Waals surface area contributed by atoms with Crippen LogP contribution in [0.2, 0.25) is 0 Å². The lowest BCUT2D eigenvalue weighted by Gasteiger charge is -2.12. The van der Waals surface area contributed by atoms with Gasteiger partial charge in [-0.1, -0.05) is 13.8 Å². The van der Waals surface area contributed by atoms with Gasteiger partial charge in [-0.3, -0.25) is 4.99 Å². The van der Waals surface area contributed by atoms with Gasteiger partial charge in [0.15, 0.2) is 5.96 Å². The number of aliphatic imine (C=N–C) groups is 1. The molecule has 0 aliphatic carbocycles. The molecule has 0 saturated heterocycles. The van der Waals surface area contributed by atoms with Gasteiger partial charge in [-0.05, 0) is 18.8 Å². The molecule has 0 unspecified atom stereocenters. The van der Waals surface area contributed by atoms with E-state index in [2.05, 4.69) is 34.2 Å². The van der Waals surface area contributed by atoms with E-state index in [1.165, 1.54) is 0 Å². The van der Waals surface area contributed by atoms with Crippen molar-refractivity contribution in [2.24, 2.45) is 10.9 Å². The maximum absolute atomic E-state index is 11.8. The number of hydrogen-bond acceptors (Lipinski definition) is 3. The molecule has 2 N–H and O–H groups in total. The van der Waals surface area contributed by atoms with Crippen LogP contribution in [-0.4, -0.2) is 58.7 Å². The van der Waals surface area contributed by atoms with E-state index in [9.17, 15) is 13.2 Å². The number of ether oxygens (including phenoxy) is 2. The zero-order valence-corrected chi connectivity index (χ0v) is 13.6. The first-order chi connectivity index (χ1) is 10.3. The lowest BCUT2D eigenvalue weighted by Crippen LogP contribution is -2.39. The van der Waals surface area contributed by atoms with Gasteiger partial charge in [-0.2, -0.15) is 13.2 Å². The van der Waals surface area contributed by atoms with Crippen molar-refractivity contribution in [3.05, 3.63) is 0 Å². The van der Waals surface area contributed by atoms with Crippen LogP contribution in [-0.2, 0) is 9.47 Å². The van der Waals surface area contributed by atoms with E-state index in [0.29, 0.717) is 38.0 Å². The number of hydrogen-bond donors (Lipinski definition) is 2. The fourth-order valence-electron chi connectivity index (χ4n) is 1.45. The lowest BCUT2D eigenvalue weighted by atomic mass is 10.1. The smallest absolute Gasteiger partial charge is 0.380 e.